The Morgan fingerprint density at radius 1 is 0.414 bits per heavy atom. The van der Waals surface area contributed by atoms with Crippen LogP contribution in [0.5, 0.6) is 0 Å². The van der Waals surface area contributed by atoms with Gasteiger partial charge < -0.3 is 15.5 Å². The predicted octanol–water partition coefficient (Wildman–Crippen LogP) is 17.1. The molecule has 0 saturated carbocycles. The Labute approximate surface area is 364 Å². The van der Waals surface area contributed by atoms with E-state index in [1.54, 1.807) is 0 Å². The summed E-state index contributed by atoms with van der Waals surface area (Å²) in [5.41, 5.74) is 0. The molecule has 1 amide bonds. The van der Waals surface area contributed by atoms with Gasteiger partial charge in [0.05, 0.1) is 18.8 Å². The van der Waals surface area contributed by atoms with Crippen LogP contribution in [0.2, 0.25) is 0 Å². The summed E-state index contributed by atoms with van der Waals surface area (Å²) < 4.78 is 0. The molecule has 0 aliphatic heterocycles. The molecule has 0 spiro atoms. The molecule has 0 radical (unpaired) electrons. The number of allylic oxidation sites excluding steroid dienone is 4. The highest BCUT2D eigenvalue weighted by Crippen LogP contribution is 2.18. The molecule has 0 bridgehead atoms. The molecule has 4 heteroatoms. The third-order valence-electron chi connectivity index (χ3n) is 12.4. The summed E-state index contributed by atoms with van der Waals surface area (Å²) in [6, 6.07) is -0.542. The van der Waals surface area contributed by atoms with Gasteiger partial charge in [0, 0.05) is 6.42 Å². The van der Waals surface area contributed by atoms with Gasteiger partial charge in [-0.25, -0.2) is 0 Å². The van der Waals surface area contributed by atoms with Crippen LogP contribution in [0.15, 0.2) is 24.3 Å². The van der Waals surface area contributed by atoms with Crippen molar-refractivity contribution in [3.05, 3.63) is 24.3 Å². The lowest BCUT2D eigenvalue weighted by Gasteiger charge is -2.22. The van der Waals surface area contributed by atoms with E-state index in [1.165, 1.54) is 225 Å². The standard InChI is InChI=1S/C54H105NO3/c1-3-5-7-9-11-13-15-17-18-19-20-21-22-23-24-25-26-27-28-29-30-31-32-33-34-35-36-38-39-41-43-45-47-49-53(57)52(51-56)55-54(58)50-48-46-44-42-40-37-16-14-12-10-8-6-4-2/h8,10,14,16,52-53,56-57H,3-7,9,11-13,15,17-51H2,1-2H3,(H,55,58)/b10-8-,16-14-. The third kappa shape index (κ3) is 45.9. The minimum absolute atomic E-state index is 0.0432. The van der Waals surface area contributed by atoms with Crippen LogP contribution in [-0.2, 0) is 4.79 Å². The van der Waals surface area contributed by atoms with Crippen molar-refractivity contribution in [2.45, 2.75) is 309 Å². The lowest BCUT2D eigenvalue weighted by molar-refractivity contribution is -0.123. The molecule has 0 heterocycles. The average molecular weight is 816 g/mol. The molecule has 4 nitrogen and oxygen atoms in total. The van der Waals surface area contributed by atoms with Gasteiger partial charge in [-0.2, -0.15) is 0 Å². The summed E-state index contributed by atoms with van der Waals surface area (Å²) in [5, 5.41) is 23.2. The van der Waals surface area contributed by atoms with E-state index in [0.29, 0.717) is 12.8 Å². The maximum atomic E-state index is 12.4. The first-order valence-corrected chi connectivity index (χ1v) is 26.5. The Bertz CT molecular complexity index is 840. The molecule has 3 N–H and O–H groups in total. The van der Waals surface area contributed by atoms with Gasteiger partial charge in [0.2, 0.25) is 5.91 Å². The highest BCUT2D eigenvalue weighted by molar-refractivity contribution is 5.76. The van der Waals surface area contributed by atoms with E-state index in [0.717, 1.165) is 44.9 Å². The second-order valence-corrected chi connectivity index (χ2v) is 18.3. The fourth-order valence-corrected chi connectivity index (χ4v) is 8.40. The first-order chi connectivity index (χ1) is 28.7. The van der Waals surface area contributed by atoms with E-state index in [4.69, 9.17) is 0 Å². The van der Waals surface area contributed by atoms with Crippen LogP contribution in [0.1, 0.15) is 296 Å². The third-order valence-corrected chi connectivity index (χ3v) is 12.4. The Hall–Kier alpha value is -1.13. The second kappa shape index (κ2) is 50.2. The first-order valence-electron chi connectivity index (χ1n) is 26.5. The van der Waals surface area contributed by atoms with Gasteiger partial charge in [0.1, 0.15) is 0 Å². The van der Waals surface area contributed by atoms with Crippen LogP contribution in [0.4, 0.5) is 0 Å². The molecule has 0 aromatic heterocycles. The van der Waals surface area contributed by atoms with Crippen molar-refractivity contribution in [1.82, 2.24) is 5.32 Å². The molecule has 0 aliphatic carbocycles. The number of carbonyl (C=O) groups excluding carboxylic acids is 1. The zero-order valence-electron chi connectivity index (χ0n) is 39.6. The molecule has 2 unspecified atom stereocenters. The number of aliphatic hydroxyl groups excluding tert-OH is 2. The van der Waals surface area contributed by atoms with Crippen molar-refractivity contribution in [1.29, 1.82) is 0 Å². The number of hydrogen-bond acceptors (Lipinski definition) is 3. The zero-order valence-corrected chi connectivity index (χ0v) is 39.6. The summed E-state index contributed by atoms with van der Waals surface area (Å²) in [4.78, 5) is 12.4. The van der Waals surface area contributed by atoms with Gasteiger partial charge in [0.25, 0.3) is 0 Å². The number of carbonyl (C=O) groups is 1. The zero-order chi connectivity index (χ0) is 42.1. The number of rotatable bonds is 49. The molecule has 0 aromatic rings. The van der Waals surface area contributed by atoms with Crippen LogP contribution >= 0.6 is 0 Å². The first kappa shape index (κ1) is 56.9. The van der Waals surface area contributed by atoms with Gasteiger partial charge in [-0.15, -0.1) is 0 Å². The highest BCUT2D eigenvalue weighted by atomic mass is 16.3. The summed E-state index contributed by atoms with van der Waals surface area (Å²) in [5.74, 6) is -0.0432. The topological polar surface area (TPSA) is 69.6 Å². The minimum Gasteiger partial charge on any atom is -0.394 e. The van der Waals surface area contributed by atoms with Crippen molar-refractivity contribution in [2.24, 2.45) is 0 Å². The number of amides is 1. The van der Waals surface area contributed by atoms with E-state index in [1.807, 2.05) is 0 Å². The van der Waals surface area contributed by atoms with Crippen molar-refractivity contribution in [3.63, 3.8) is 0 Å². The fraction of sp³-hybridized carbons (Fsp3) is 0.907. The van der Waals surface area contributed by atoms with Crippen LogP contribution in [0.3, 0.4) is 0 Å². The van der Waals surface area contributed by atoms with E-state index in [2.05, 4.69) is 43.5 Å². The smallest absolute Gasteiger partial charge is 0.220 e. The molecule has 0 saturated heterocycles. The quantitative estimate of drug-likeness (QED) is 0.0423. The molecular weight excluding hydrogens is 711 g/mol. The molecule has 58 heavy (non-hydrogen) atoms. The normalized spacial score (nSPS) is 13.0. The summed E-state index contributed by atoms with van der Waals surface area (Å²) in [6.07, 6.45) is 66.0. The van der Waals surface area contributed by atoms with Gasteiger partial charge in [0.15, 0.2) is 0 Å². The minimum atomic E-state index is -0.664. The summed E-state index contributed by atoms with van der Waals surface area (Å²) in [7, 11) is 0. The van der Waals surface area contributed by atoms with E-state index in [9.17, 15) is 15.0 Å². The Morgan fingerprint density at radius 2 is 0.741 bits per heavy atom. The van der Waals surface area contributed by atoms with Gasteiger partial charge in [-0.3, -0.25) is 4.79 Å². The Kier molecular flexibility index (Phi) is 49.2. The lowest BCUT2D eigenvalue weighted by atomic mass is 10.0. The maximum absolute atomic E-state index is 12.4. The second-order valence-electron chi connectivity index (χ2n) is 18.3. The Morgan fingerprint density at radius 3 is 1.10 bits per heavy atom. The van der Waals surface area contributed by atoms with Crippen molar-refractivity contribution >= 4 is 5.91 Å². The molecule has 0 aliphatic rings. The van der Waals surface area contributed by atoms with E-state index < -0.39 is 12.1 Å². The van der Waals surface area contributed by atoms with Crippen LogP contribution in [0.25, 0.3) is 0 Å². The van der Waals surface area contributed by atoms with Gasteiger partial charge >= 0.3 is 0 Å². The van der Waals surface area contributed by atoms with Gasteiger partial charge in [-0.05, 0) is 38.5 Å². The molecular formula is C54H105NO3. The van der Waals surface area contributed by atoms with Gasteiger partial charge in [-0.1, -0.05) is 276 Å². The maximum Gasteiger partial charge on any atom is 0.220 e. The van der Waals surface area contributed by atoms with E-state index in [-0.39, 0.29) is 12.5 Å². The van der Waals surface area contributed by atoms with Crippen molar-refractivity contribution in [3.8, 4) is 0 Å². The molecule has 0 fully saturated rings. The SMILES string of the molecule is CCC/C=C\C/C=C\CCCCCCCC(=O)NC(CO)C(O)CCCCCCCCCCCCCCCCCCCCCCCCCCCCCCCCCCC. The summed E-state index contributed by atoms with van der Waals surface area (Å²) in [6.45, 7) is 4.31. The Balaban J connectivity index is 3.37. The highest BCUT2D eigenvalue weighted by Gasteiger charge is 2.20. The lowest BCUT2D eigenvalue weighted by Crippen LogP contribution is -2.45. The van der Waals surface area contributed by atoms with Crippen molar-refractivity contribution in [2.75, 3.05) is 6.61 Å². The van der Waals surface area contributed by atoms with Crippen LogP contribution < -0.4 is 5.32 Å². The monoisotopic (exact) mass is 816 g/mol. The number of unbranched alkanes of at least 4 members (excludes halogenated alkanes) is 38. The molecule has 0 rings (SSSR count). The van der Waals surface area contributed by atoms with Crippen LogP contribution in [0, 0.1) is 0 Å². The fourth-order valence-electron chi connectivity index (χ4n) is 8.40. The number of aliphatic hydroxyl groups is 2. The van der Waals surface area contributed by atoms with E-state index >= 15 is 0 Å². The van der Waals surface area contributed by atoms with Crippen molar-refractivity contribution < 1.29 is 15.0 Å². The van der Waals surface area contributed by atoms with Crippen LogP contribution in [-0.4, -0.2) is 34.9 Å². The summed E-state index contributed by atoms with van der Waals surface area (Å²) >= 11 is 0. The number of nitrogens with one attached hydrogen (secondary N) is 1. The largest absolute Gasteiger partial charge is 0.394 e. The average Bonchev–Trinajstić information content (AvgIpc) is 3.23. The molecule has 0 aromatic carbocycles. The molecule has 344 valence electrons. The molecule has 2 atom stereocenters. The number of hydrogen-bond donors (Lipinski definition) is 3. The predicted molar refractivity (Wildman–Crippen MR) is 258 cm³/mol.